The van der Waals surface area contributed by atoms with E-state index in [0.29, 0.717) is 68.5 Å². The van der Waals surface area contributed by atoms with Crippen LogP contribution in [0.4, 0.5) is 10.5 Å². The number of anilines is 1. The highest BCUT2D eigenvalue weighted by Gasteiger charge is 2.40. The molecule has 0 N–H and O–H groups in total. The number of rotatable bonds is 9. The lowest BCUT2D eigenvalue weighted by Crippen LogP contribution is -2.48. The maximum absolute atomic E-state index is 13.8. The Hall–Kier alpha value is -3.15. The molecular weight excluding hydrogens is 556 g/mol. The van der Waals surface area contributed by atoms with Crippen LogP contribution in [0.25, 0.3) is 11.0 Å². The molecule has 2 aromatic carbocycles. The molecule has 2 fully saturated rings. The third-order valence-electron chi connectivity index (χ3n) is 7.30. The van der Waals surface area contributed by atoms with Gasteiger partial charge in [-0.25, -0.2) is 18.2 Å². The van der Waals surface area contributed by atoms with Crippen LogP contribution in [0.1, 0.15) is 25.1 Å². The van der Waals surface area contributed by atoms with E-state index in [1.807, 2.05) is 41.0 Å². The van der Waals surface area contributed by atoms with Gasteiger partial charge >= 0.3 is 6.09 Å². The van der Waals surface area contributed by atoms with Gasteiger partial charge in [-0.05, 0) is 49.6 Å². The largest absolute Gasteiger partial charge is 0.446 e. The Morgan fingerprint density at radius 1 is 1.12 bits per heavy atom. The summed E-state index contributed by atoms with van der Waals surface area (Å²) in [6.07, 6.45) is 1.89. The van der Waals surface area contributed by atoms with Gasteiger partial charge in [-0.3, -0.25) is 4.79 Å². The number of nitrogens with zero attached hydrogens (tertiary/aromatic N) is 4. The molecule has 1 aliphatic heterocycles. The SMILES string of the molecule is CS(=O)(=O)CCCn1c(CN(C(=O)C2CC(OC(=O)N3CCOCC3)C2)c2ccccc2)nc2cc(Cl)ccc21. The third-order valence-corrected chi connectivity index (χ3v) is 8.57. The lowest BCUT2D eigenvalue weighted by Gasteiger charge is -2.38. The number of hydrogen-bond donors (Lipinski definition) is 0. The number of morpholine rings is 1. The molecule has 40 heavy (non-hydrogen) atoms. The van der Waals surface area contributed by atoms with Crippen LogP contribution in [0, 0.1) is 5.92 Å². The van der Waals surface area contributed by atoms with Crippen LogP contribution in [0.3, 0.4) is 0 Å². The summed E-state index contributed by atoms with van der Waals surface area (Å²) in [6.45, 7) is 2.64. The number of fused-ring (bicyclic) bond motifs is 1. The summed E-state index contributed by atoms with van der Waals surface area (Å²) in [5.74, 6) is 0.323. The summed E-state index contributed by atoms with van der Waals surface area (Å²) in [7, 11) is -3.12. The molecule has 0 atom stereocenters. The van der Waals surface area contributed by atoms with Crippen molar-refractivity contribution in [3.05, 3.63) is 59.4 Å². The predicted molar refractivity (Wildman–Crippen MR) is 152 cm³/mol. The van der Waals surface area contributed by atoms with E-state index < -0.39 is 9.84 Å². The Labute approximate surface area is 238 Å². The van der Waals surface area contributed by atoms with Gasteiger partial charge in [0.2, 0.25) is 5.91 Å². The zero-order valence-electron chi connectivity index (χ0n) is 22.4. The highest BCUT2D eigenvalue weighted by atomic mass is 35.5. The minimum absolute atomic E-state index is 0.0493. The normalized spacial score (nSPS) is 19.3. The van der Waals surface area contributed by atoms with Gasteiger partial charge in [-0.2, -0.15) is 0 Å². The van der Waals surface area contributed by atoms with Gasteiger partial charge in [0.1, 0.15) is 21.8 Å². The number of carbonyl (C=O) groups excluding carboxylic acids is 2. The van der Waals surface area contributed by atoms with E-state index in [9.17, 15) is 18.0 Å². The first-order chi connectivity index (χ1) is 19.2. The summed E-state index contributed by atoms with van der Waals surface area (Å²) in [6, 6.07) is 14.8. The number of aromatic nitrogens is 2. The van der Waals surface area contributed by atoms with Gasteiger partial charge in [0.25, 0.3) is 0 Å². The minimum Gasteiger partial charge on any atom is -0.446 e. The first-order valence-corrected chi connectivity index (χ1v) is 15.8. The van der Waals surface area contributed by atoms with E-state index in [2.05, 4.69) is 0 Å². The van der Waals surface area contributed by atoms with E-state index in [-0.39, 0.29) is 36.3 Å². The maximum atomic E-state index is 13.8. The number of hydrogen-bond acceptors (Lipinski definition) is 7. The highest BCUT2D eigenvalue weighted by Crippen LogP contribution is 2.34. The summed E-state index contributed by atoms with van der Waals surface area (Å²) in [4.78, 5) is 34.4. The van der Waals surface area contributed by atoms with Crippen molar-refractivity contribution in [2.45, 2.75) is 38.5 Å². The van der Waals surface area contributed by atoms with Gasteiger partial charge in [0.15, 0.2) is 0 Å². The number of ether oxygens (including phenoxy) is 2. The fraction of sp³-hybridized carbons (Fsp3) is 0.464. The fourth-order valence-electron chi connectivity index (χ4n) is 5.10. The van der Waals surface area contributed by atoms with Crippen LogP contribution in [0.5, 0.6) is 0 Å². The number of aryl methyl sites for hydroxylation is 1. The molecule has 1 saturated heterocycles. The number of sulfone groups is 1. The molecule has 5 rings (SSSR count). The lowest BCUT2D eigenvalue weighted by molar-refractivity contribution is -0.129. The van der Waals surface area contributed by atoms with Gasteiger partial charge < -0.3 is 23.8 Å². The van der Waals surface area contributed by atoms with Crippen molar-refractivity contribution in [1.82, 2.24) is 14.5 Å². The summed E-state index contributed by atoms with van der Waals surface area (Å²) >= 11 is 6.23. The molecule has 10 nitrogen and oxygen atoms in total. The zero-order chi connectivity index (χ0) is 28.3. The molecule has 1 saturated carbocycles. The second-order valence-electron chi connectivity index (χ2n) is 10.3. The molecular formula is C28H33ClN4O6S. The van der Waals surface area contributed by atoms with Crippen molar-refractivity contribution in [3.63, 3.8) is 0 Å². The summed E-state index contributed by atoms with van der Waals surface area (Å²) in [5, 5.41) is 0.544. The molecule has 0 unspecified atom stereocenters. The molecule has 214 valence electrons. The Kier molecular flexibility index (Phi) is 8.62. The number of benzene rings is 2. The van der Waals surface area contributed by atoms with Crippen molar-refractivity contribution in [3.8, 4) is 0 Å². The Bertz CT molecular complexity index is 1470. The molecule has 0 spiro atoms. The monoisotopic (exact) mass is 588 g/mol. The minimum atomic E-state index is -3.12. The van der Waals surface area contributed by atoms with Crippen molar-refractivity contribution >= 4 is 50.2 Å². The zero-order valence-corrected chi connectivity index (χ0v) is 23.9. The van der Waals surface area contributed by atoms with Crippen LogP contribution in [0.15, 0.2) is 48.5 Å². The van der Waals surface area contributed by atoms with E-state index in [1.165, 1.54) is 6.26 Å². The Morgan fingerprint density at radius 3 is 2.55 bits per heavy atom. The number of halogens is 1. The van der Waals surface area contributed by atoms with Gasteiger partial charge in [-0.15, -0.1) is 0 Å². The van der Waals surface area contributed by atoms with Crippen molar-refractivity contribution in [2.24, 2.45) is 5.92 Å². The highest BCUT2D eigenvalue weighted by molar-refractivity contribution is 7.90. The standard InChI is InChI=1S/C28H33ClN4O6S/c1-40(36,37)15-5-10-32-25-9-8-21(29)18-24(25)30-26(32)19-33(22-6-3-2-4-7-22)27(34)20-16-23(17-20)39-28(35)31-11-13-38-14-12-31/h2-4,6-9,18,20,23H,5,10-17,19H2,1H3. The second-order valence-corrected chi connectivity index (χ2v) is 13.0. The van der Waals surface area contributed by atoms with Gasteiger partial charge in [-0.1, -0.05) is 29.8 Å². The summed E-state index contributed by atoms with van der Waals surface area (Å²) in [5.41, 5.74) is 2.24. The number of imidazole rings is 1. The van der Waals surface area contributed by atoms with Crippen LogP contribution in [0.2, 0.25) is 5.02 Å². The van der Waals surface area contributed by atoms with Gasteiger partial charge in [0.05, 0.1) is 36.5 Å². The topological polar surface area (TPSA) is 111 Å². The smallest absolute Gasteiger partial charge is 0.410 e. The Balaban J connectivity index is 1.34. The van der Waals surface area contributed by atoms with Crippen LogP contribution < -0.4 is 4.90 Å². The van der Waals surface area contributed by atoms with Crippen LogP contribution >= 0.6 is 11.6 Å². The van der Waals surface area contributed by atoms with Crippen molar-refractivity contribution in [1.29, 1.82) is 0 Å². The van der Waals surface area contributed by atoms with E-state index in [1.54, 1.807) is 21.9 Å². The fourth-order valence-corrected chi connectivity index (χ4v) is 5.92. The number of carbonyl (C=O) groups is 2. The van der Waals surface area contributed by atoms with Gasteiger partial charge in [0, 0.05) is 42.5 Å². The van der Waals surface area contributed by atoms with E-state index in [4.69, 9.17) is 26.1 Å². The predicted octanol–water partition coefficient (Wildman–Crippen LogP) is 3.91. The maximum Gasteiger partial charge on any atom is 0.410 e. The molecule has 1 aromatic heterocycles. The molecule has 2 amide bonds. The molecule has 1 aliphatic carbocycles. The quantitative estimate of drug-likeness (QED) is 0.373. The second kappa shape index (κ2) is 12.2. The molecule has 0 bridgehead atoms. The Morgan fingerprint density at radius 2 is 1.85 bits per heavy atom. The number of para-hydroxylation sites is 1. The number of amides is 2. The average Bonchev–Trinajstić information content (AvgIpc) is 3.24. The average molecular weight is 589 g/mol. The van der Waals surface area contributed by atoms with E-state index in [0.717, 1.165) is 11.2 Å². The van der Waals surface area contributed by atoms with E-state index >= 15 is 0 Å². The molecule has 2 heterocycles. The van der Waals surface area contributed by atoms with Crippen LogP contribution in [-0.2, 0) is 37.2 Å². The first kappa shape index (κ1) is 28.4. The van der Waals surface area contributed by atoms with Crippen molar-refractivity contribution < 1.29 is 27.5 Å². The third kappa shape index (κ3) is 6.76. The van der Waals surface area contributed by atoms with Crippen LogP contribution in [-0.4, -0.2) is 79.3 Å². The summed E-state index contributed by atoms with van der Waals surface area (Å²) < 4.78 is 36.4. The molecule has 2 aliphatic rings. The first-order valence-electron chi connectivity index (χ1n) is 13.4. The van der Waals surface area contributed by atoms with Crippen molar-refractivity contribution in [2.75, 3.05) is 43.2 Å². The lowest BCUT2D eigenvalue weighted by atomic mass is 9.81. The molecule has 0 radical (unpaired) electrons. The molecule has 12 heteroatoms. The molecule has 3 aromatic rings.